The molecule has 0 amide bonds. The molecule has 80 valence electrons. The first-order chi connectivity index (χ1) is 6.97. The lowest BCUT2D eigenvalue weighted by molar-refractivity contribution is 0.322. The molecule has 0 unspecified atom stereocenters. The molecule has 0 aliphatic rings. The number of hydrogen-bond donors (Lipinski definition) is 1. The first-order valence-electron chi connectivity index (χ1n) is 4.80. The van der Waals surface area contributed by atoms with Gasteiger partial charge >= 0.3 is 0 Å². The van der Waals surface area contributed by atoms with Crippen molar-refractivity contribution in [3.8, 4) is 10.6 Å². The van der Waals surface area contributed by atoms with Crippen LogP contribution >= 0.6 is 11.3 Å². The smallest absolute Gasteiger partial charge is 0.156 e. The van der Waals surface area contributed by atoms with Crippen molar-refractivity contribution in [1.29, 1.82) is 0 Å². The quantitative estimate of drug-likeness (QED) is 0.850. The van der Waals surface area contributed by atoms with E-state index in [1.807, 2.05) is 26.0 Å². The highest BCUT2D eigenvalue weighted by Crippen LogP contribution is 2.29. The molecule has 2 rings (SSSR count). The van der Waals surface area contributed by atoms with Gasteiger partial charge in [0, 0.05) is 10.9 Å². The molecule has 0 fully saturated rings. The van der Waals surface area contributed by atoms with E-state index in [2.05, 4.69) is 18.1 Å². The molecule has 2 aromatic heterocycles. The zero-order chi connectivity index (χ0) is 11.1. The van der Waals surface area contributed by atoms with Crippen LogP contribution in [0.1, 0.15) is 24.5 Å². The van der Waals surface area contributed by atoms with Crippen LogP contribution in [0.25, 0.3) is 10.6 Å². The van der Waals surface area contributed by atoms with Gasteiger partial charge in [-0.15, -0.1) is 11.3 Å². The normalized spacial score (nSPS) is 12.0. The molecule has 0 aliphatic carbocycles. The zero-order valence-corrected chi connectivity index (χ0v) is 9.89. The van der Waals surface area contributed by atoms with Crippen LogP contribution in [0.2, 0.25) is 0 Å². The summed E-state index contributed by atoms with van der Waals surface area (Å²) in [5.74, 6) is 0.712. The minimum Gasteiger partial charge on any atom is -0.359 e. The van der Waals surface area contributed by atoms with Crippen LogP contribution in [0.15, 0.2) is 22.7 Å². The molecule has 0 spiro atoms. The molecule has 0 atom stereocenters. The van der Waals surface area contributed by atoms with Gasteiger partial charge in [0.15, 0.2) is 5.76 Å². The number of nitrogens with zero attached hydrogens (tertiary/aromatic N) is 1. The molecule has 0 radical (unpaired) electrons. The van der Waals surface area contributed by atoms with E-state index in [1.54, 1.807) is 11.3 Å². The Hall–Kier alpha value is -1.13. The van der Waals surface area contributed by atoms with Gasteiger partial charge in [-0.25, -0.2) is 0 Å². The minimum atomic E-state index is -0.475. The third kappa shape index (κ3) is 2.11. The summed E-state index contributed by atoms with van der Waals surface area (Å²) < 4.78 is 5.22. The Morgan fingerprint density at radius 1 is 1.40 bits per heavy atom. The topological polar surface area (TPSA) is 52.0 Å². The van der Waals surface area contributed by atoms with E-state index in [-0.39, 0.29) is 0 Å². The average molecular weight is 222 g/mol. The lowest BCUT2D eigenvalue weighted by Gasteiger charge is -2.12. The summed E-state index contributed by atoms with van der Waals surface area (Å²) >= 11 is 1.70. The van der Waals surface area contributed by atoms with E-state index >= 15 is 0 Å². The van der Waals surface area contributed by atoms with E-state index in [9.17, 15) is 0 Å². The molecule has 3 nitrogen and oxygen atoms in total. The molecule has 15 heavy (non-hydrogen) atoms. The van der Waals surface area contributed by atoms with Crippen molar-refractivity contribution >= 4 is 11.3 Å². The Balaban J connectivity index is 2.36. The van der Waals surface area contributed by atoms with Crippen molar-refractivity contribution in [3.63, 3.8) is 0 Å². The zero-order valence-electron chi connectivity index (χ0n) is 9.07. The number of thiophene rings is 1. The Morgan fingerprint density at radius 2 is 2.13 bits per heavy atom. The van der Waals surface area contributed by atoms with Gasteiger partial charge in [-0.2, -0.15) is 0 Å². The fourth-order valence-electron chi connectivity index (χ4n) is 1.27. The van der Waals surface area contributed by atoms with E-state index < -0.39 is 5.54 Å². The van der Waals surface area contributed by atoms with E-state index in [4.69, 9.17) is 10.3 Å². The number of rotatable bonds is 2. The highest BCUT2D eigenvalue weighted by molar-refractivity contribution is 7.15. The predicted octanol–water partition coefficient (Wildman–Crippen LogP) is 2.91. The van der Waals surface area contributed by atoms with Crippen LogP contribution in [-0.4, -0.2) is 5.16 Å². The van der Waals surface area contributed by atoms with E-state index in [0.29, 0.717) is 5.76 Å². The molecule has 2 aromatic rings. The first-order valence-corrected chi connectivity index (χ1v) is 5.61. The molecule has 0 aliphatic heterocycles. The summed E-state index contributed by atoms with van der Waals surface area (Å²) in [5, 5.41) is 4.02. The van der Waals surface area contributed by atoms with Crippen molar-refractivity contribution in [2.45, 2.75) is 26.3 Å². The Kier molecular flexibility index (Phi) is 2.40. The first kappa shape index (κ1) is 10.4. The third-order valence-corrected chi connectivity index (χ3v) is 3.16. The summed E-state index contributed by atoms with van der Waals surface area (Å²) in [6.07, 6.45) is 0. The highest BCUT2D eigenvalue weighted by atomic mass is 32.1. The van der Waals surface area contributed by atoms with Crippen LogP contribution in [0.4, 0.5) is 0 Å². The Labute approximate surface area is 92.9 Å². The van der Waals surface area contributed by atoms with Crippen LogP contribution in [-0.2, 0) is 5.54 Å². The summed E-state index contributed by atoms with van der Waals surface area (Å²) in [5.41, 5.74) is 6.31. The Bertz CT molecular complexity index is 465. The number of aromatic nitrogens is 1. The maximum Gasteiger partial charge on any atom is 0.156 e. The standard InChI is InChI=1S/C11H14N2OS/c1-7-4-5-9(15-7)8-6-10(14-13-8)11(2,3)12/h4-6H,12H2,1-3H3. The Morgan fingerprint density at radius 3 is 2.60 bits per heavy atom. The van der Waals surface area contributed by atoms with Crippen molar-refractivity contribution in [2.24, 2.45) is 5.73 Å². The van der Waals surface area contributed by atoms with Crippen LogP contribution in [0.5, 0.6) is 0 Å². The second kappa shape index (κ2) is 3.47. The second-order valence-electron chi connectivity index (χ2n) is 4.21. The van der Waals surface area contributed by atoms with Crippen LogP contribution in [0.3, 0.4) is 0 Å². The van der Waals surface area contributed by atoms with Crippen LogP contribution in [0, 0.1) is 6.92 Å². The predicted molar refractivity (Wildman–Crippen MR) is 61.8 cm³/mol. The summed E-state index contributed by atoms with van der Waals surface area (Å²) in [6.45, 7) is 5.87. The maximum atomic E-state index is 5.92. The van der Waals surface area contributed by atoms with Crippen molar-refractivity contribution < 1.29 is 4.52 Å². The molecular formula is C11H14N2OS. The molecule has 4 heteroatoms. The monoisotopic (exact) mass is 222 g/mol. The summed E-state index contributed by atoms with van der Waals surface area (Å²) in [6, 6.07) is 6.03. The third-order valence-electron chi connectivity index (χ3n) is 2.14. The number of aryl methyl sites for hydroxylation is 1. The molecule has 0 aromatic carbocycles. The SMILES string of the molecule is Cc1ccc(-c2cc(C(C)(C)N)on2)s1. The van der Waals surface area contributed by atoms with E-state index in [1.165, 1.54) is 4.88 Å². The lowest BCUT2D eigenvalue weighted by Crippen LogP contribution is -2.27. The molecule has 0 saturated heterocycles. The van der Waals surface area contributed by atoms with Crippen molar-refractivity contribution in [3.05, 3.63) is 28.8 Å². The highest BCUT2D eigenvalue weighted by Gasteiger charge is 2.20. The summed E-state index contributed by atoms with van der Waals surface area (Å²) in [7, 11) is 0. The van der Waals surface area contributed by atoms with Gasteiger partial charge in [0.1, 0.15) is 5.69 Å². The van der Waals surface area contributed by atoms with Gasteiger partial charge in [-0.3, -0.25) is 0 Å². The second-order valence-corrected chi connectivity index (χ2v) is 5.50. The fourth-order valence-corrected chi connectivity index (χ4v) is 2.09. The van der Waals surface area contributed by atoms with Gasteiger partial charge in [0.2, 0.25) is 0 Å². The summed E-state index contributed by atoms with van der Waals surface area (Å²) in [4.78, 5) is 2.38. The molecule has 0 saturated carbocycles. The molecule has 2 heterocycles. The largest absolute Gasteiger partial charge is 0.359 e. The van der Waals surface area contributed by atoms with Crippen LogP contribution < -0.4 is 5.73 Å². The van der Waals surface area contributed by atoms with Gasteiger partial charge in [0.05, 0.1) is 10.4 Å². The average Bonchev–Trinajstić information content (AvgIpc) is 2.69. The number of nitrogens with two attached hydrogens (primary N) is 1. The maximum absolute atomic E-state index is 5.92. The van der Waals surface area contributed by atoms with Gasteiger partial charge in [0.25, 0.3) is 0 Å². The van der Waals surface area contributed by atoms with Gasteiger partial charge in [-0.05, 0) is 32.9 Å². The minimum absolute atomic E-state index is 0.475. The van der Waals surface area contributed by atoms with E-state index in [0.717, 1.165) is 10.6 Å². The van der Waals surface area contributed by atoms with Crippen molar-refractivity contribution in [1.82, 2.24) is 5.16 Å². The van der Waals surface area contributed by atoms with Gasteiger partial charge < -0.3 is 10.3 Å². The fraction of sp³-hybridized carbons (Fsp3) is 0.364. The number of hydrogen-bond acceptors (Lipinski definition) is 4. The van der Waals surface area contributed by atoms with Gasteiger partial charge in [-0.1, -0.05) is 5.16 Å². The molecule has 2 N–H and O–H groups in total. The lowest BCUT2D eigenvalue weighted by atomic mass is 10.0. The molecule has 0 bridgehead atoms. The molecular weight excluding hydrogens is 208 g/mol. The van der Waals surface area contributed by atoms with Crippen molar-refractivity contribution in [2.75, 3.05) is 0 Å².